The van der Waals surface area contributed by atoms with E-state index in [2.05, 4.69) is 27.1 Å². The number of benzene rings is 1. The van der Waals surface area contributed by atoms with E-state index in [9.17, 15) is 13.4 Å². The molecule has 0 spiro atoms. The van der Waals surface area contributed by atoms with E-state index in [0.717, 1.165) is 41.8 Å². The largest absolute Gasteiger partial charge is 0.290 e. The highest BCUT2D eigenvalue weighted by atomic mass is 32.2. The highest BCUT2D eigenvalue weighted by Gasteiger charge is 2.51. The first-order valence-electron chi connectivity index (χ1n) is 13.8. The molecule has 8 nitrogen and oxygen atoms in total. The Morgan fingerprint density at radius 1 is 1.17 bits per heavy atom. The zero-order valence-electron chi connectivity index (χ0n) is 23.0. The van der Waals surface area contributed by atoms with Crippen molar-refractivity contribution in [2.75, 3.05) is 7.05 Å². The normalized spacial score (nSPS) is 23.5. The van der Waals surface area contributed by atoms with E-state index >= 15 is 0 Å². The number of aryl methyl sites for hydroxylation is 1. The lowest BCUT2D eigenvalue weighted by molar-refractivity contribution is 0.0754. The van der Waals surface area contributed by atoms with Gasteiger partial charge in [-0.05, 0) is 93.3 Å². The first-order chi connectivity index (χ1) is 19.7. The number of fused-ring (bicyclic) bond motifs is 2. The third kappa shape index (κ3) is 4.41. The van der Waals surface area contributed by atoms with Crippen LogP contribution < -0.4 is 0 Å². The summed E-state index contributed by atoms with van der Waals surface area (Å²) < 4.78 is 32.9. The SMILES string of the molecule is C=S(=O)(c1cnn(C)c1)N(C)[C@H]1CCC2=Cc3c(cnn3-c3ccc(F)cc3)C[C@]2(C(=O)c2ncc(C3CC3)s2)C1. The lowest BCUT2D eigenvalue weighted by Crippen LogP contribution is -2.49. The first-order valence-corrected chi connectivity index (χ1v) is 16.3. The van der Waals surface area contributed by atoms with Crippen LogP contribution in [0, 0.1) is 11.2 Å². The fraction of sp³-hybridized carbons (Fsp3) is 0.367. The number of rotatable bonds is 7. The number of halogens is 1. The van der Waals surface area contributed by atoms with Gasteiger partial charge in [-0.15, -0.1) is 11.3 Å². The Labute approximate surface area is 242 Å². The molecule has 3 atom stereocenters. The van der Waals surface area contributed by atoms with Crippen molar-refractivity contribution >= 4 is 38.8 Å². The number of hydrogen-bond acceptors (Lipinski definition) is 6. The molecule has 3 heterocycles. The number of Topliss-reactive ketones (excluding diaryl/α,β-unsaturated/α-hetero) is 1. The second-order valence-corrected chi connectivity index (χ2v) is 14.9. The molecule has 7 rings (SSSR count). The van der Waals surface area contributed by atoms with E-state index in [-0.39, 0.29) is 17.6 Å². The van der Waals surface area contributed by atoms with Crippen LogP contribution in [0.4, 0.5) is 4.39 Å². The molecule has 1 aromatic carbocycles. The molecule has 3 aromatic heterocycles. The summed E-state index contributed by atoms with van der Waals surface area (Å²) in [5.41, 5.74) is 2.85. The number of nitrogens with zero attached hydrogens (tertiary/aromatic N) is 6. The van der Waals surface area contributed by atoms with Gasteiger partial charge in [0.05, 0.1) is 43.8 Å². The van der Waals surface area contributed by atoms with Crippen molar-refractivity contribution in [2.45, 2.75) is 55.4 Å². The number of allylic oxidation sites excluding steroid dienone is 1. The standard InChI is InChI=1S/C30H31FN6O2S2/c1-35-18-25(16-33-35)41(3,39)36(2)24-9-6-21-12-26-20(15-34-37(26)23-10-7-22(31)8-11-23)13-30(21,14-24)28(38)29-32-17-27(40-29)19-4-5-19/h7-8,10-12,15-19,24H,3-6,9,13-14H2,1-2H3/t24-,30-,41?/m0/s1. The minimum absolute atomic E-state index is 0.0240. The molecule has 2 saturated carbocycles. The third-order valence-corrected chi connectivity index (χ3v) is 12.2. The average Bonchev–Trinajstić information content (AvgIpc) is 3.32. The van der Waals surface area contributed by atoms with Gasteiger partial charge in [-0.2, -0.15) is 10.2 Å². The van der Waals surface area contributed by atoms with Crippen LogP contribution in [0.2, 0.25) is 0 Å². The summed E-state index contributed by atoms with van der Waals surface area (Å²) in [6.45, 7) is 0. The molecule has 41 heavy (non-hydrogen) atoms. The maximum Gasteiger partial charge on any atom is 0.201 e. The molecule has 0 saturated heterocycles. The lowest BCUT2D eigenvalue weighted by atomic mass is 9.61. The Hall–Kier alpha value is -3.41. The van der Waals surface area contributed by atoms with E-state index in [4.69, 9.17) is 0 Å². The van der Waals surface area contributed by atoms with Crippen LogP contribution in [0.15, 0.2) is 59.5 Å². The van der Waals surface area contributed by atoms with Gasteiger partial charge in [0, 0.05) is 30.4 Å². The molecular formula is C30H31FN6O2S2. The van der Waals surface area contributed by atoms with Crippen molar-refractivity contribution in [2.24, 2.45) is 12.5 Å². The molecule has 1 unspecified atom stereocenters. The summed E-state index contributed by atoms with van der Waals surface area (Å²) in [5.74, 6) is 4.36. The van der Waals surface area contributed by atoms with E-state index in [0.29, 0.717) is 35.1 Å². The van der Waals surface area contributed by atoms with Crippen molar-refractivity contribution in [3.8, 4) is 5.69 Å². The molecule has 0 N–H and O–H groups in total. The fourth-order valence-electron chi connectivity index (χ4n) is 6.31. The Morgan fingerprint density at radius 2 is 1.95 bits per heavy atom. The van der Waals surface area contributed by atoms with Gasteiger partial charge < -0.3 is 0 Å². The molecule has 212 valence electrons. The molecule has 0 amide bonds. The molecular weight excluding hydrogens is 560 g/mol. The van der Waals surface area contributed by atoms with Crippen molar-refractivity contribution in [3.05, 3.63) is 81.6 Å². The molecule has 0 aliphatic heterocycles. The van der Waals surface area contributed by atoms with Crippen LogP contribution >= 0.6 is 11.3 Å². The fourth-order valence-corrected chi connectivity index (χ4v) is 8.95. The maximum atomic E-state index is 14.5. The van der Waals surface area contributed by atoms with Gasteiger partial charge in [0.25, 0.3) is 0 Å². The van der Waals surface area contributed by atoms with Crippen molar-refractivity contribution in [3.63, 3.8) is 0 Å². The molecule has 0 radical (unpaired) electrons. The van der Waals surface area contributed by atoms with Crippen LogP contribution in [0.1, 0.15) is 64.0 Å². The van der Waals surface area contributed by atoms with E-state index in [1.165, 1.54) is 28.3 Å². The number of thiazole rings is 1. The van der Waals surface area contributed by atoms with Gasteiger partial charge in [0.15, 0.2) is 5.01 Å². The summed E-state index contributed by atoms with van der Waals surface area (Å²) in [5, 5.41) is 9.39. The van der Waals surface area contributed by atoms with Crippen molar-refractivity contribution < 1.29 is 13.4 Å². The predicted molar refractivity (Wildman–Crippen MR) is 158 cm³/mol. The first kappa shape index (κ1) is 26.5. The molecule has 4 aromatic rings. The summed E-state index contributed by atoms with van der Waals surface area (Å²) in [6, 6.07) is 6.12. The van der Waals surface area contributed by atoms with Crippen LogP contribution in [0.3, 0.4) is 0 Å². The van der Waals surface area contributed by atoms with E-state index in [1.54, 1.807) is 36.3 Å². The summed E-state index contributed by atoms with van der Waals surface area (Å²) in [7, 11) is 0.826. The highest BCUT2D eigenvalue weighted by molar-refractivity contribution is 7.98. The predicted octanol–water partition coefficient (Wildman–Crippen LogP) is 5.06. The monoisotopic (exact) mass is 590 g/mol. The van der Waals surface area contributed by atoms with Crippen LogP contribution in [-0.4, -0.2) is 57.8 Å². The van der Waals surface area contributed by atoms with E-state index in [1.807, 2.05) is 28.4 Å². The molecule has 3 aliphatic carbocycles. The molecule has 11 heteroatoms. The van der Waals surface area contributed by atoms with Crippen molar-refractivity contribution in [1.29, 1.82) is 0 Å². The smallest absolute Gasteiger partial charge is 0.201 e. The third-order valence-electron chi connectivity index (χ3n) is 8.87. The molecule has 0 bridgehead atoms. The lowest BCUT2D eigenvalue weighted by Gasteiger charge is -2.46. The molecule has 2 fully saturated rings. The number of ketones is 1. The number of aromatic nitrogens is 5. The van der Waals surface area contributed by atoms with Crippen LogP contribution in [0.25, 0.3) is 11.8 Å². The van der Waals surface area contributed by atoms with Crippen LogP contribution in [-0.2, 0) is 23.2 Å². The summed E-state index contributed by atoms with van der Waals surface area (Å²) in [6.07, 6.45) is 13.8. The van der Waals surface area contributed by atoms with Gasteiger partial charge in [0.1, 0.15) is 5.82 Å². The summed E-state index contributed by atoms with van der Waals surface area (Å²) in [4.78, 5) is 20.9. The Kier molecular flexibility index (Phi) is 6.18. The minimum atomic E-state index is -2.81. The quantitative estimate of drug-likeness (QED) is 0.222. The van der Waals surface area contributed by atoms with Gasteiger partial charge in [-0.25, -0.2) is 22.6 Å². The second-order valence-electron chi connectivity index (χ2n) is 11.5. The zero-order chi connectivity index (χ0) is 28.5. The van der Waals surface area contributed by atoms with Crippen molar-refractivity contribution in [1.82, 2.24) is 28.9 Å². The molecule has 3 aliphatic rings. The minimum Gasteiger partial charge on any atom is -0.290 e. The van der Waals surface area contributed by atoms with Gasteiger partial charge in [0.2, 0.25) is 5.78 Å². The van der Waals surface area contributed by atoms with Crippen LogP contribution in [0.5, 0.6) is 0 Å². The topological polar surface area (TPSA) is 85.9 Å². The van der Waals surface area contributed by atoms with E-state index < -0.39 is 15.1 Å². The number of carbonyl (C=O) groups excluding carboxylic acids is 1. The van der Waals surface area contributed by atoms with Gasteiger partial charge in [-0.3, -0.25) is 9.48 Å². The van der Waals surface area contributed by atoms with Gasteiger partial charge >= 0.3 is 0 Å². The maximum absolute atomic E-state index is 14.5. The highest BCUT2D eigenvalue weighted by Crippen LogP contribution is 2.52. The summed E-state index contributed by atoms with van der Waals surface area (Å²) >= 11 is 1.52. The Bertz CT molecular complexity index is 1800. The number of hydrogen-bond donors (Lipinski definition) is 0. The Balaban J connectivity index is 1.29. The second kappa shape index (κ2) is 9.57. The average molecular weight is 591 g/mol. The Morgan fingerprint density at radius 3 is 2.66 bits per heavy atom. The number of carbonyl (C=O) groups is 1. The zero-order valence-corrected chi connectivity index (χ0v) is 24.6. The van der Waals surface area contributed by atoms with Gasteiger partial charge in [-0.1, -0.05) is 5.57 Å².